The van der Waals surface area contributed by atoms with Gasteiger partial charge in [0.15, 0.2) is 0 Å². The Balaban J connectivity index is 2.89. The molecule has 3 amide bonds. The van der Waals surface area contributed by atoms with Crippen molar-refractivity contribution in [3.05, 3.63) is 0 Å². The summed E-state index contributed by atoms with van der Waals surface area (Å²) in [6.45, 7) is 0.622. The fourth-order valence-electron chi connectivity index (χ4n) is 3.14. The molecule has 0 radical (unpaired) electrons. The predicted molar refractivity (Wildman–Crippen MR) is 117 cm³/mol. The van der Waals surface area contributed by atoms with Crippen molar-refractivity contribution in [2.75, 3.05) is 18.6 Å². The number of carbonyl (C=O) groups is 6. The number of rotatable bonds is 15. The minimum Gasteiger partial charge on any atom is -0.481 e. The molecule has 0 aromatic heterocycles. The highest BCUT2D eigenvalue weighted by Gasteiger charge is 2.32. The lowest BCUT2D eigenvalue weighted by molar-refractivity contribution is -0.144. The van der Waals surface area contributed by atoms with Gasteiger partial charge in [-0.1, -0.05) is 0 Å². The number of amides is 3. The van der Waals surface area contributed by atoms with Crippen LogP contribution in [0.5, 0.6) is 0 Å². The number of carboxylic acids is 3. The number of thioether (sulfide) groups is 1. The molecule has 14 heteroatoms. The van der Waals surface area contributed by atoms with Gasteiger partial charge in [0.2, 0.25) is 17.7 Å². The molecular formula is C19H30N4O9S. The van der Waals surface area contributed by atoms with Gasteiger partial charge in [-0.3, -0.25) is 24.0 Å². The van der Waals surface area contributed by atoms with Crippen molar-refractivity contribution >= 4 is 47.4 Å². The summed E-state index contributed by atoms with van der Waals surface area (Å²) in [6.07, 6.45) is 1.61. The number of hydrogen-bond donors (Lipinski definition) is 7. The molecule has 0 aromatic rings. The average Bonchev–Trinajstić information content (AvgIpc) is 3.27. The van der Waals surface area contributed by atoms with Crippen LogP contribution in [0.1, 0.15) is 38.5 Å². The molecule has 1 saturated heterocycles. The maximum atomic E-state index is 12.8. The quantitative estimate of drug-likeness (QED) is 0.138. The first-order chi connectivity index (χ1) is 15.5. The average molecular weight is 491 g/mol. The molecule has 1 rings (SSSR count). The Kier molecular flexibility index (Phi) is 12.2. The highest BCUT2D eigenvalue weighted by Crippen LogP contribution is 2.08. The monoisotopic (exact) mass is 490 g/mol. The van der Waals surface area contributed by atoms with Crippen LogP contribution in [0, 0.1) is 0 Å². The van der Waals surface area contributed by atoms with Crippen molar-refractivity contribution in [1.82, 2.24) is 21.3 Å². The van der Waals surface area contributed by atoms with Crippen LogP contribution < -0.4 is 21.3 Å². The second-order valence-corrected chi connectivity index (χ2v) is 8.47. The fourth-order valence-corrected chi connectivity index (χ4v) is 3.61. The van der Waals surface area contributed by atoms with Crippen LogP contribution in [0.15, 0.2) is 0 Å². The SMILES string of the molecule is CSCCC(NC(=O)C(CC(=O)O)NC(=O)C1CCCN1)C(=O)NC(CCC(=O)O)C(=O)O. The lowest BCUT2D eigenvalue weighted by Gasteiger charge is -2.24. The van der Waals surface area contributed by atoms with E-state index in [2.05, 4.69) is 21.3 Å². The van der Waals surface area contributed by atoms with E-state index in [0.29, 0.717) is 18.7 Å². The lowest BCUT2D eigenvalue weighted by atomic mass is 10.1. The molecule has 1 aliphatic rings. The Morgan fingerprint density at radius 1 is 0.909 bits per heavy atom. The topological polar surface area (TPSA) is 211 Å². The number of hydrogen-bond acceptors (Lipinski definition) is 8. The van der Waals surface area contributed by atoms with Gasteiger partial charge in [-0.2, -0.15) is 11.8 Å². The molecule has 13 nitrogen and oxygen atoms in total. The van der Waals surface area contributed by atoms with E-state index in [9.17, 15) is 33.9 Å². The smallest absolute Gasteiger partial charge is 0.326 e. The summed E-state index contributed by atoms with van der Waals surface area (Å²) in [6, 6.07) is -4.68. The number of carboxylic acid groups (broad SMARTS) is 3. The molecule has 4 unspecified atom stereocenters. The zero-order chi connectivity index (χ0) is 25.0. The van der Waals surface area contributed by atoms with Gasteiger partial charge in [0.1, 0.15) is 18.1 Å². The highest BCUT2D eigenvalue weighted by atomic mass is 32.2. The first-order valence-electron chi connectivity index (χ1n) is 10.3. The lowest BCUT2D eigenvalue weighted by Crippen LogP contribution is -2.57. The van der Waals surface area contributed by atoms with Gasteiger partial charge in [-0.15, -0.1) is 0 Å². The third-order valence-corrected chi connectivity index (χ3v) is 5.54. The van der Waals surface area contributed by atoms with Crippen molar-refractivity contribution in [3.8, 4) is 0 Å². The first kappa shape index (κ1) is 28.2. The molecule has 33 heavy (non-hydrogen) atoms. The maximum absolute atomic E-state index is 12.8. The minimum absolute atomic E-state index is 0.0991. The van der Waals surface area contributed by atoms with Crippen molar-refractivity contribution in [2.24, 2.45) is 0 Å². The van der Waals surface area contributed by atoms with E-state index in [4.69, 9.17) is 10.2 Å². The molecule has 4 atom stereocenters. The molecular weight excluding hydrogens is 460 g/mol. The van der Waals surface area contributed by atoms with Crippen LogP contribution in [0.25, 0.3) is 0 Å². The van der Waals surface area contributed by atoms with E-state index in [1.165, 1.54) is 11.8 Å². The normalized spacial score (nSPS) is 17.9. The molecule has 0 saturated carbocycles. The highest BCUT2D eigenvalue weighted by molar-refractivity contribution is 7.98. The Labute approximate surface area is 194 Å². The summed E-state index contributed by atoms with van der Waals surface area (Å²) in [5, 5.41) is 37.1. The summed E-state index contributed by atoms with van der Waals surface area (Å²) in [7, 11) is 0. The molecule has 0 spiro atoms. The summed E-state index contributed by atoms with van der Waals surface area (Å²) in [5.74, 6) is -5.87. The van der Waals surface area contributed by atoms with E-state index in [1.807, 2.05) is 0 Å². The zero-order valence-electron chi connectivity index (χ0n) is 18.2. The Morgan fingerprint density at radius 3 is 2.06 bits per heavy atom. The Morgan fingerprint density at radius 2 is 1.55 bits per heavy atom. The third kappa shape index (κ3) is 10.5. The van der Waals surface area contributed by atoms with Crippen LogP contribution in [0.2, 0.25) is 0 Å². The largest absolute Gasteiger partial charge is 0.481 e. The van der Waals surface area contributed by atoms with Crippen molar-refractivity contribution in [2.45, 2.75) is 62.7 Å². The molecule has 1 fully saturated rings. The number of carbonyl (C=O) groups excluding carboxylic acids is 3. The molecule has 1 aliphatic heterocycles. The van der Waals surface area contributed by atoms with Gasteiger partial charge in [0.25, 0.3) is 0 Å². The van der Waals surface area contributed by atoms with Crippen molar-refractivity contribution in [3.63, 3.8) is 0 Å². The maximum Gasteiger partial charge on any atom is 0.326 e. The van der Waals surface area contributed by atoms with E-state index in [-0.39, 0.29) is 12.8 Å². The zero-order valence-corrected chi connectivity index (χ0v) is 19.0. The number of nitrogens with one attached hydrogen (secondary N) is 4. The predicted octanol–water partition coefficient (Wildman–Crippen LogP) is -1.63. The van der Waals surface area contributed by atoms with Gasteiger partial charge < -0.3 is 36.6 Å². The van der Waals surface area contributed by atoms with Gasteiger partial charge in [0, 0.05) is 6.42 Å². The Bertz CT molecular complexity index is 743. The molecule has 0 aromatic carbocycles. The van der Waals surface area contributed by atoms with Gasteiger partial charge in [0.05, 0.1) is 12.5 Å². The summed E-state index contributed by atoms with van der Waals surface area (Å²) in [4.78, 5) is 71.1. The van der Waals surface area contributed by atoms with Crippen LogP contribution >= 0.6 is 11.8 Å². The standard InChI is InChI=1S/C19H30N4O9S/c1-33-8-6-11(17(29)22-12(19(31)32)4-5-14(24)25)21-18(30)13(9-15(26)27)23-16(28)10-3-2-7-20-10/h10-13,20H,2-9H2,1H3,(H,21,30)(H,22,29)(H,23,28)(H,24,25)(H,26,27)(H,31,32). The fraction of sp³-hybridized carbons (Fsp3) is 0.684. The summed E-state index contributed by atoms with van der Waals surface area (Å²) < 4.78 is 0. The third-order valence-electron chi connectivity index (χ3n) is 4.89. The van der Waals surface area contributed by atoms with Crippen molar-refractivity contribution < 1.29 is 44.1 Å². The van der Waals surface area contributed by atoms with Crippen LogP contribution in [-0.2, 0) is 28.8 Å². The molecule has 1 heterocycles. The van der Waals surface area contributed by atoms with Crippen LogP contribution in [0.3, 0.4) is 0 Å². The van der Waals surface area contributed by atoms with Gasteiger partial charge in [-0.05, 0) is 44.2 Å². The second-order valence-electron chi connectivity index (χ2n) is 7.48. The van der Waals surface area contributed by atoms with Gasteiger partial charge in [-0.25, -0.2) is 4.79 Å². The van der Waals surface area contributed by atoms with E-state index >= 15 is 0 Å². The minimum atomic E-state index is -1.48. The van der Waals surface area contributed by atoms with Crippen molar-refractivity contribution in [1.29, 1.82) is 0 Å². The number of aliphatic carboxylic acids is 3. The molecule has 186 valence electrons. The molecule has 7 N–H and O–H groups in total. The summed E-state index contributed by atoms with van der Waals surface area (Å²) in [5.41, 5.74) is 0. The first-order valence-corrected chi connectivity index (χ1v) is 11.7. The summed E-state index contributed by atoms with van der Waals surface area (Å²) >= 11 is 1.36. The van der Waals surface area contributed by atoms with E-state index < -0.39 is 72.6 Å². The molecule has 0 aliphatic carbocycles. The van der Waals surface area contributed by atoms with Gasteiger partial charge >= 0.3 is 17.9 Å². The van der Waals surface area contributed by atoms with E-state index in [1.54, 1.807) is 6.26 Å². The van der Waals surface area contributed by atoms with Crippen LogP contribution in [0.4, 0.5) is 0 Å². The Hall–Kier alpha value is -2.87. The van der Waals surface area contributed by atoms with E-state index in [0.717, 1.165) is 6.42 Å². The second kappa shape index (κ2) is 14.3. The molecule has 0 bridgehead atoms. The van der Waals surface area contributed by atoms with Crippen LogP contribution in [-0.4, -0.2) is 93.7 Å².